The van der Waals surface area contributed by atoms with Gasteiger partial charge in [-0.05, 0) is 58.8 Å². The van der Waals surface area contributed by atoms with Crippen LogP contribution in [0.15, 0.2) is 12.2 Å². The molecule has 1 saturated carbocycles. The van der Waals surface area contributed by atoms with E-state index in [4.69, 9.17) is 0 Å². The van der Waals surface area contributed by atoms with E-state index in [9.17, 15) is 15.3 Å². The van der Waals surface area contributed by atoms with Gasteiger partial charge in [-0.15, -0.1) is 0 Å². The second-order valence-electron chi connectivity index (χ2n) is 6.91. The molecule has 0 heterocycles. The predicted octanol–water partition coefficient (Wildman–Crippen LogP) is 2.25. The third kappa shape index (κ3) is 3.81. The Morgan fingerprint density at radius 3 is 2.22 bits per heavy atom. The number of rotatable bonds is 4. The fraction of sp³-hybridized carbons (Fsp3) is 0.867. The van der Waals surface area contributed by atoms with Crippen molar-refractivity contribution in [2.24, 2.45) is 11.8 Å². The highest BCUT2D eigenvalue weighted by Gasteiger charge is 2.47. The van der Waals surface area contributed by atoms with E-state index in [2.05, 4.69) is 0 Å². The summed E-state index contributed by atoms with van der Waals surface area (Å²) in [5.41, 5.74) is -2.35. The minimum Gasteiger partial charge on any atom is -0.390 e. The van der Waals surface area contributed by atoms with Crippen molar-refractivity contribution in [2.45, 2.75) is 70.7 Å². The maximum Gasteiger partial charge on any atom is 0.0771 e. The lowest BCUT2D eigenvalue weighted by Crippen LogP contribution is -2.40. The molecule has 1 rings (SSSR count). The second-order valence-corrected chi connectivity index (χ2v) is 6.91. The SMILES string of the molecule is C[C@@H]1[C@@H]([C@](C)(O)C/C=C\C(C)(C)O)CC[C@]1(C)O. The lowest BCUT2D eigenvalue weighted by molar-refractivity contribution is -0.0485. The molecule has 0 bridgehead atoms. The zero-order chi connectivity index (χ0) is 14.2. The first-order chi connectivity index (χ1) is 7.96. The van der Waals surface area contributed by atoms with E-state index in [1.165, 1.54) is 0 Å². The average Bonchev–Trinajstić information content (AvgIpc) is 2.39. The quantitative estimate of drug-likeness (QED) is 0.676. The van der Waals surface area contributed by atoms with Crippen LogP contribution < -0.4 is 0 Å². The Kier molecular flexibility index (Phi) is 4.31. The van der Waals surface area contributed by atoms with Gasteiger partial charge >= 0.3 is 0 Å². The molecule has 3 heteroatoms. The molecule has 0 spiro atoms. The highest BCUT2D eigenvalue weighted by atomic mass is 16.3. The van der Waals surface area contributed by atoms with Gasteiger partial charge in [0, 0.05) is 0 Å². The van der Waals surface area contributed by atoms with E-state index < -0.39 is 16.8 Å². The molecule has 1 aliphatic carbocycles. The fourth-order valence-electron chi connectivity index (χ4n) is 2.95. The Bertz CT molecular complexity index is 310. The van der Waals surface area contributed by atoms with E-state index in [0.717, 1.165) is 12.8 Å². The average molecular weight is 256 g/mol. The molecule has 1 aliphatic rings. The number of hydrogen-bond donors (Lipinski definition) is 3. The first-order valence-corrected chi connectivity index (χ1v) is 6.80. The van der Waals surface area contributed by atoms with Gasteiger partial charge in [-0.2, -0.15) is 0 Å². The van der Waals surface area contributed by atoms with E-state index in [1.54, 1.807) is 19.9 Å². The van der Waals surface area contributed by atoms with Crippen molar-refractivity contribution in [3.8, 4) is 0 Å². The minimum absolute atomic E-state index is 0.0861. The number of aliphatic hydroxyl groups is 3. The third-order valence-electron chi connectivity index (χ3n) is 4.40. The zero-order valence-corrected chi connectivity index (χ0v) is 12.3. The maximum atomic E-state index is 10.6. The van der Waals surface area contributed by atoms with Gasteiger partial charge in [0.05, 0.1) is 16.8 Å². The van der Waals surface area contributed by atoms with Crippen LogP contribution in [-0.4, -0.2) is 32.1 Å². The molecule has 0 aliphatic heterocycles. The largest absolute Gasteiger partial charge is 0.390 e. The van der Waals surface area contributed by atoms with Crippen LogP contribution in [0.1, 0.15) is 53.9 Å². The van der Waals surface area contributed by atoms with Gasteiger partial charge in [-0.25, -0.2) is 0 Å². The summed E-state index contributed by atoms with van der Waals surface area (Å²) in [6.07, 6.45) is 5.63. The molecule has 3 N–H and O–H groups in total. The normalized spacial score (nSPS) is 37.1. The van der Waals surface area contributed by atoms with E-state index in [1.807, 2.05) is 26.8 Å². The van der Waals surface area contributed by atoms with Crippen LogP contribution in [0.4, 0.5) is 0 Å². The highest BCUT2D eigenvalue weighted by Crippen LogP contribution is 2.46. The first-order valence-electron chi connectivity index (χ1n) is 6.80. The van der Waals surface area contributed by atoms with Crippen LogP contribution in [-0.2, 0) is 0 Å². The topological polar surface area (TPSA) is 60.7 Å². The summed E-state index contributed by atoms with van der Waals surface area (Å²) in [4.78, 5) is 0. The van der Waals surface area contributed by atoms with Gasteiger partial charge in [-0.3, -0.25) is 0 Å². The standard InChI is InChI=1S/C15H28O3/c1-11-12(7-10-14(11,4)17)15(5,18)9-6-8-13(2,3)16/h6,8,11-12,16-18H,7,9-10H2,1-5H3/b8-6-/t11-,12+,14+,15-/m1/s1. The van der Waals surface area contributed by atoms with Crippen LogP contribution in [0.25, 0.3) is 0 Å². The molecule has 0 aromatic carbocycles. The lowest BCUT2D eigenvalue weighted by atomic mass is 9.77. The molecule has 0 unspecified atom stereocenters. The summed E-state index contributed by atoms with van der Waals surface area (Å²) in [5.74, 6) is 0.182. The van der Waals surface area contributed by atoms with Gasteiger partial charge in [0.15, 0.2) is 0 Å². The molecule has 0 aromatic rings. The summed E-state index contributed by atoms with van der Waals surface area (Å²) in [5, 5.41) is 30.4. The molecule has 4 atom stereocenters. The summed E-state index contributed by atoms with van der Waals surface area (Å²) >= 11 is 0. The van der Waals surface area contributed by atoms with Crippen LogP contribution in [0.3, 0.4) is 0 Å². The van der Waals surface area contributed by atoms with Crippen molar-refractivity contribution in [1.82, 2.24) is 0 Å². The molecule has 3 nitrogen and oxygen atoms in total. The molecular formula is C15H28O3. The van der Waals surface area contributed by atoms with Gasteiger partial charge < -0.3 is 15.3 Å². The summed E-state index contributed by atoms with van der Waals surface area (Å²) < 4.78 is 0. The molecule has 0 amide bonds. The van der Waals surface area contributed by atoms with Crippen LogP contribution >= 0.6 is 0 Å². The van der Waals surface area contributed by atoms with E-state index in [0.29, 0.717) is 6.42 Å². The Morgan fingerprint density at radius 2 is 1.83 bits per heavy atom. The van der Waals surface area contributed by atoms with Gasteiger partial charge in [-0.1, -0.05) is 19.1 Å². The van der Waals surface area contributed by atoms with Crippen LogP contribution in [0.5, 0.6) is 0 Å². The molecule has 0 saturated heterocycles. The van der Waals surface area contributed by atoms with Crippen molar-refractivity contribution in [2.75, 3.05) is 0 Å². The lowest BCUT2D eigenvalue weighted by Gasteiger charge is -2.35. The van der Waals surface area contributed by atoms with Crippen LogP contribution in [0.2, 0.25) is 0 Å². The first kappa shape index (κ1) is 15.7. The van der Waals surface area contributed by atoms with Gasteiger partial charge in [0.1, 0.15) is 0 Å². The Morgan fingerprint density at radius 1 is 1.28 bits per heavy atom. The van der Waals surface area contributed by atoms with E-state index >= 15 is 0 Å². The van der Waals surface area contributed by atoms with Gasteiger partial charge in [0.25, 0.3) is 0 Å². The Balaban J connectivity index is 2.68. The maximum absolute atomic E-state index is 10.6. The van der Waals surface area contributed by atoms with Crippen molar-refractivity contribution in [3.63, 3.8) is 0 Å². The molecular weight excluding hydrogens is 228 g/mol. The molecule has 106 valence electrons. The molecule has 0 radical (unpaired) electrons. The van der Waals surface area contributed by atoms with Crippen LogP contribution in [0, 0.1) is 11.8 Å². The van der Waals surface area contributed by atoms with Crippen molar-refractivity contribution >= 4 is 0 Å². The van der Waals surface area contributed by atoms with Crippen molar-refractivity contribution in [3.05, 3.63) is 12.2 Å². The minimum atomic E-state index is -0.844. The highest BCUT2D eigenvalue weighted by molar-refractivity contribution is 5.04. The molecule has 0 aromatic heterocycles. The summed E-state index contributed by atoms with van der Waals surface area (Å²) in [7, 11) is 0. The Labute approximate surface area is 111 Å². The summed E-state index contributed by atoms with van der Waals surface area (Å²) in [6, 6.07) is 0. The zero-order valence-electron chi connectivity index (χ0n) is 12.3. The van der Waals surface area contributed by atoms with Crippen molar-refractivity contribution in [1.29, 1.82) is 0 Å². The van der Waals surface area contributed by atoms with Gasteiger partial charge in [0.2, 0.25) is 0 Å². The Hall–Kier alpha value is -0.380. The number of hydrogen-bond acceptors (Lipinski definition) is 3. The monoisotopic (exact) mass is 256 g/mol. The van der Waals surface area contributed by atoms with E-state index in [-0.39, 0.29) is 11.8 Å². The van der Waals surface area contributed by atoms with Crippen molar-refractivity contribution < 1.29 is 15.3 Å². The second kappa shape index (κ2) is 4.95. The molecule has 1 fully saturated rings. The smallest absolute Gasteiger partial charge is 0.0771 e. The summed E-state index contributed by atoms with van der Waals surface area (Å²) in [6.45, 7) is 9.10. The molecule has 18 heavy (non-hydrogen) atoms. The fourth-order valence-corrected chi connectivity index (χ4v) is 2.95. The predicted molar refractivity (Wildman–Crippen MR) is 73.2 cm³/mol. The third-order valence-corrected chi connectivity index (χ3v) is 4.40.